The fraction of sp³-hybridized carbons (Fsp3) is 0.0909. The average Bonchev–Trinajstić information content (AvgIpc) is 3.02. The Labute approximate surface area is 182 Å². The van der Waals surface area contributed by atoms with Gasteiger partial charge in [0, 0.05) is 26.6 Å². The van der Waals surface area contributed by atoms with E-state index in [0.29, 0.717) is 26.2 Å². The highest BCUT2D eigenvalue weighted by molar-refractivity contribution is 7.17. The van der Waals surface area contributed by atoms with Crippen LogP contribution in [0, 0.1) is 6.92 Å². The Morgan fingerprint density at radius 3 is 2.55 bits per heavy atom. The number of carbonyl (C=O) groups is 2. The molecule has 1 heterocycles. The Kier molecular flexibility index (Phi) is 6.75. The first kappa shape index (κ1) is 21.1. The number of halogens is 2. The molecule has 0 saturated heterocycles. The normalized spacial score (nSPS) is 10.9. The van der Waals surface area contributed by atoms with Gasteiger partial charge in [0.15, 0.2) is 0 Å². The molecular formula is C22H17Cl2NO3S. The topological polar surface area (TPSA) is 55.4 Å². The van der Waals surface area contributed by atoms with Gasteiger partial charge in [0.2, 0.25) is 5.91 Å². The zero-order chi connectivity index (χ0) is 21.0. The SMILES string of the molecule is COC(=O)c1c(NC(=O)/C=C/c2ccccc2Cl)sc(C)c1-c1cccc(Cl)c1. The number of amides is 1. The molecule has 3 aromatic rings. The maximum Gasteiger partial charge on any atom is 0.341 e. The number of hydrogen-bond donors (Lipinski definition) is 1. The van der Waals surface area contributed by atoms with Crippen molar-refractivity contribution < 1.29 is 14.3 Å². The molecule has 148 valence electrons. The van der Waals surface area contributed by atoms with Crippen LogP contribution in [0.1, 0.15) is 20.8 Å². The van der Waals surface area contributed by atoms with Gasteiger partial charge in [-0.3, -0.25) is 4.79 Å². The summed E-state index contributed by atoms with van der Waals surface area (Å²) >= 11 is 13.5. The van der Waals surface area contributed by atoms with Crippen LogP contribution in [-0.2, 0) is 9.53 Å². The van der Waals surface area contributed by atoms with Gasteiger partial charge in [-0.25, -0.2) is 4.79 Å². The van der Waals surface area contributed by atoms with E-state index in [-0.39, 0.29) is 5.91 Å². The Hall–Kier alpha value is -2.60. The van der Waals surface area contributed by atoms with Crippen LogP contribution in [0.25, 0.3) is 17.2 Å². The van der Waals surface area contributed by atoms with E-state index in [1.807, 2.05) is 25.1 Å². The second-order valence-electron chi connectivity index (χ2n) is 6.08. The summed E-state index contributed by atoms with van der Waals surface area (Å²) in [6.45, 7) is 1.88. The number of benzene rings is 2. The Balaban J connectivity index is 1.95. The summed E-state index contributed by atoms with van der Waals surface area (Å²) in [6.07, 6.45) is 2.99. The molecule has 7 heteroatoms. The van der Waals surface area contributed by atoms with Crippen molar-refractivity contribution in [2.45, 2.75) is 6.92 Å². The second kappa shape index (κ2) is 9.27. The maximum atomic E-state index is 12.5. The number of aryl methyl sites for hydroxylation is 1. The molecule has 1 N–H and O–H groups in total. The summed E-state index contributed by atoms with van der Waals surface area (Å²) in [5.74, 6) is -0.913. The number of methoxy groups -OCH3 is 1. The molecule has 0 aliphatic carbocycles. The summed E-state index contributed by atoms with van der Waals surface area (Å²) in [6, 6.07) is 14.4. The fourth-order valence-corrected chi connectivity index (χ4v) is 4.31. The number of nitrogens with one attached hydrogen (secondary N) is 1. The molecule has 0 saturated carbocycles. The maximum absolute atomic E-state index is 12.5. The van der Waals surface area contributed by atoms with E-state index in [9.17, 15) is 9.59 Å². The summed E-state index contributed by atoms with van der Waals surface area (Å²) in [7, 11) is 1.31. The number of carbonyl (C=O) groups excluding carboxylic acids is 2. The van der Waals surface area contributed by atoms with Crippen molar-refractivity contribution in [3.63, 3.8) is 0 Å². The van der Waals surface area contributed by atoms with E-state index >= 15 is 0 Å². The van der Waals surface area contributed by atoms with Crippen molar-refractivity contribution >= 4 is 57.5 Å². The fourth-order valence-electron chi connectivity index (χ4n) is 2.85. The highest BCUT2D eigenvalue weighted by Gasteiger charge is 2.24. The van der Waals surface area contributed by atoms with Gasteiger partial charge in [0.25, 0.3) is 0 Å². The van der Waals surface area contributed by atoms with E-state index in [1.54, 1.807) is 36.4 Å². The standard InChI is InChI=1S/C22H17Cl2NO3S/c1-13-19(15-7-5-8-16(23)12-15)20(22(27)28-2)21(29-13)25-18(26)11-10-14-6-3-4-9-17(14)24/h3-12H,1-2H3,(H,25,26)/b11-10+. The minimum absolute atomic E-state index is 0.303. The minimum Gasteiger partial charge on any atom is -0.465 e. The Morgan fingerprint density at radius 1 is 1.10 bits per heavy atom. The molecule has 2 aromatic carbocycles. The van der Waals surface area contributed by atoms with Crippen molar-refractivity contribution in [2.75, 3.05) is 12.4 Å². The molecule has 0 unspecified atom stereocenters. The molecule has 4 nitrogen and oxygen atoms in total. The number of hydrogen-bond acceptors (Lipinski definition) is 4. The molecule has 3 rings (SSSR count). The van der Waals surface area contributed by atoms with Crippen LogP contribution in [0.15, 0.2) is 54.6 Å². The van der Waals surface area contributed by atoms with Crippen LogP contribution in [0.3, 0.4) is 0 Å². The average molecular weight is 446 g/mol. The van der Waals surface area contributed by atoms with Crippen LogP contribution in [-0.4, -0.2) is 19.0 Å². The lowest BCUT2D eigenvalue weighted by molar-refractivity contribution is -0.111. The van der Waals surface area contributed by atoms with Gasteiger partial charge in [-0.05, 0) is 42.3 Å². The zero-order valence-corrected chi connectivity index (χ0v) is 18.0. The third-order valence-corrected chi connectivity index (χ3v) is 5.74. The van der Waals surface area contributed by atoms with Crippen LogP contribution in [0.4, 0.5) is 5.00 Å². The number of anilines is 1. The van der Waals surface area contributed by atoms with Crippen molar-refractivity contribution in [2.24, 2.45) is 0 Å². The van der Waals surface area contributed by atoms with Crippen molar-refractivity contribution in [1.82, 2.24) is 0 Å². The number of esters is 1. The smallest absolute Gasteiger partial charge is 0.341 e. The van der Waals surface area contributed by atoms with E-state index < -0.39 is 5.97 Å². The molecule has 0 spiro atoms. The first-order chi connectivity index (χ1) is 13.9. The molecule has 0 aliphatic rings. The molecule has 1 amide bonds. The Bertz CT molecular complexity index is 1110. The lowest BCUT2D eigenvalue weighted by atomic mass is 10.0. The molecule has 0 atom stereocenters. The van der Waals surface area contributed by atoms with E-state index in [2.05, 4.69) is 5.32 Å². The van der Waals surface area contributed by atoms with Crippen LogP contribution in [0.5, 0.6) is 0 Å². The Morgan fingerprint density at radius 2 is 1.86 bits per heavy atom. The van der Waals surface area contributed by atoms with Crippen LogP contribution < -0.4 is 5.32 Å². The summed E-state index contributed by atoms with van der Waals surface area (Å²) in [5.41, 5.74) is 2.49. The highest BCUT2D eigenvalue weighted by atomic mass is 35.5. The summed E-state index contributed by atoms with van der Waals surface area (Å²) in [5, 5.41) is 4.29. The van der Waals surface area contributed by atoms with Crippen molar-refractivity contribution in [3.8, 4) is 11.1 Å². The molecule has 29 heavy (non-hydrogen) atoms. The van der Waals surface area contributed by atoms with E-state index in [0.717, 1.165) is 16.0 Å². The molecule has 0 aliphatic heterocycles. The zero-order valence-electron chi connectivity index (χ0n) is 15.7. The third-order valence-electron chi connectivity index (χ3n) is 4.14. The molecule has 1 aromatic heterocycles. The summed E-state index contributed by atoms with van der Waals surface area (Å²) in [4.78, 5) is 25.8. The van der Waals surface area contributed by atoms with Crippen LogP contribution >= 0.6 is 34.5 Å². The van der Waals surface area contributed by atoms with Crippen molar-refractivity contribution in [3.05, 3.63) is 80.7 Å². The molecule has 0 radical (unpaired) electrons. The monoisotopic (exact) mass is 445 g/mol. The van der Waals surface area contributed by atoms with Gasteiger partial charge >= 0.3 is 5.97 Å². The molecule has 0 bridgehead atoms. The summed E-state index contributed by atoms with van der Waals surface area (Å²) < 4.78 is 4.96. The van der Waals surface area contributed by atoms with Gasteiger partial charge in [-0.15, -0.1) is 11.3 Å². The van der Waals surface area contributed by atoms with Gasteiger partial charge in [-0.1, -0.05) is 53.5 Å². The number of ether oxygens (including phenoxy) is 1. The molecule has 0 fully saturated rings. The van der Waals surface area contributed by atoms with Crippen molar-refractivity contribution in [1.29, 1.82) is 0 Å². The quantitative estimate of drug-likeness (QED) is 0.361. The lowest BCUT2D eigenvalue weighted by Crippen LogP contribution is -2.11. The second-order valence-corrected chi connectivity index (χ2v) is 8.15. The van der Waals surface area contributed by atoms with Gasteiger partial charge in [0.05, 0.1) is 7.11 Å². The predicted molar refractivity (Wildman–Crippen MR) is 120 cm³/mol. The van der Waals surface area contributed by atoms with Gasteiger partial charge in [-0.2, -0.15) is 0 Å². The van der Waals surface area contributed by atoms with E-state index in [1.165, 1.54) is 24.5 Å². The first-order valence-corrected chi connectivity index (χ1v) is 10.2. The largest absolute Gasteiger partial charge is 0.465 e. The first-order valence-electron chi connectivity index (χ1n) is 8.62. The highest BCUT2D eigenvalue weighted by Crippen LogP contribution is 2.41. The van der Waals surface area contributed by atoms with Gasteiger partial charge in [0.1, 0.15) is 10.6 Å². The molecular weight excluding hydrogens is 429 g/mol. The van der Waals surface area contributed by atoms with E-state index in [4.69, 9.17) is 27.9 Å². The minimum atomic E-state index is -0.533. The predicted octanol–water partition coefficient (Wildman–Crippen LogP) is 6.47. The third kappa shape index (κ3) is 4.88. The van der Waals surface area contributed by atoms with Gasteiger partial charge < -0.3 is 10.1 Å². The lowest BCUT2D eigenvalue weighted by Gasteiger charge is -2.07. The van der Waals surface area contributed by atoms with Crippen LogP contribution in [0.2, 0.25) is 10.0 Å². The number of thiophene rings is 1. The number of rotatable bonds is 5.